The molecule has 3 rings (SSSR count). The zero-order valence-electron chi connectivity index (χ0n) is 16.3. The standard InChI is InChI=1S/C21H21ClN6O2/c1-13(29)26-18-11-15(7-8-17(18)22)27-21-25-12-16(19(23)30)20(28-21)24-10-9-14-5-3-2-4-6-14/h2-8,11-12H,9-10H2,1H3,(H2,23,30)(H,26,29)(H2,24,25,27,28). The van der Waals surface area contributed by atoms with Gasteiger partial charge in [-0.3, -0.25) is 9.59 Å². The number of carbonyl (C=O) groups is 2. The molecule has 9 heteroatoms. The van der Waals surface area contributed by atoms with E-state index in [0.717, 1.165) is 12.0 Å². The van der Waals surface area contributed by atoms with Crippen molar-refractivity contribution in [3.05, 3.63) is 70.9 Å². The molecule has 5 N–H and O–H groups in total. The van der Waals surface area contributed by atoms with Crippen LogP contribution >= 0.6 is 11.6 Å². The highest BCUT2D eigenvalue weighted by Gasteiger charge is 2.13. The summed E-state index contributed by atoms with van der Waals surface area (Å²) in [6.07, 6.45) is 2.12. The van der Waals surface area contributed by atoms with Crippen LogP contribution in [-0.2, 0) is 11.2 Å². The fourth-order valence-electron chi connectivity index (χ4n) is 2.74. The molecule has 0 atom stereocenters. The lowest BCUT2D eigenvalue weighted by molar-refractivity contribution is -0.114. The molecule has 8 nitrogen and oxygen atoms in total. The second-order valence-electron chi connectivity index (χ2n) is 6.48. The van der Waals surface area contributed by atoms with Crippen LogP contribution in [0.25, 0.3) is 0 Å². The normalized spacial score (nSPS) is 10.3. The average molecular weight is 425 g/mol. The summed E-state index contributed by atoms with van der Waals surface area (Å²) in [5.41, 5.74) is 7.88. The maximum atomic E-state index is 11.7. The highest BCUT2D eigenvalue weighted by Crippen LogP contribution is 2.27. The maximum absolute atomic E-state index is 11.7. The summed E-state index contributed by atoms with van der Waals surface area (Å²) in [4.78, 5) is 31.6. The molecule has 3 aromatic rings. The van der Waals surface area contributed by atoms with Gasteiger partial charge in [0.2, 0.25) is 11.9 Å². The van der Waals surface area contributed by atoms with Gasteiger partial charge in [-0.05, 0) is 30.2 Å². The topological polar surface area (TPSA) is 122 Å². The Kier molecular flexibility index (Phi) is 6.82. The number of hydrogen-bond donors (Lipinski definition) is 4. The van der Waals surface area contributed by atoms with Gasteiger partial charge >= 0.3 is 0 Å². The van der Waals surface area contributed by atoms with Crippen LogP contribution in [0.2, 0.25) is 5.02 Å². The van der Waals surface area contributed by atoms with E-state index >= 15 is 0 Å². The van der Waals surface area contributed by atoms with Crippen LogP contribution in [0, 0.1) is 0 Å². The summed E-state index contributed by atoms with van der Waals surface area (Å²) in [6.45, 7) is 1.96. The number of aromatic nitrogens is 2. The third-order valence-electron chi connectivity index (χ3n) is 4.14. The molecule has 0 saturated heterocycles. The van der Waals surface area contributed by atoms with E-state index in [1.54, 1.807) is 18.2 Å². The van der Waals surface area contributed by atoms with Gasteiger partial charge < -0.3 is 21.7 Å². The quantitative estimate of drug-likeness (QED) is 0.438. The highest BCUT2D eigenvalue weighted by molar-refractivity contribution is 6.33. The van der Waals surface area contributed by atoms with Crippen LogP contribution in [0.3, 0.4) is 0 Å². The van der Waals surface area contributed by atoms with Crippen molar-refractivity contribution in [1.82, 2.24) is 9.97 Å². The first-order valence-corrected chi connectivity index (χ1v) is 9.59. The number of amides is 2. The Morgan fingerprint density at radius 2 is 1.90 bits per heavy atom. The molecule has 1 aromatic heterocycles. The molecule has 0 spiro atoms. The van der Waals surface area contributed by atoms with Crippen molar-refractivity contribution in [1.29, 1.82) is 0 Å². The second kappa shape index (κ2) is 9.71. The van der Waals surface area contributed by atoms with Crippen molar-refractivity contribution in [3.63, 3.8) is 0 Å². The molecule has 1 heterocycles. The third-order valence-corrected chi connectivity index (χ3v) is 4.47. The Balaban J connectivity index is 1.76. The number of carbonyl (C=O) groups excluding carboxylic acids is 2. The van der Waals surface area contributed by atoms with Gasteiger partial charge in [0, 0.05) is 25.4 Å². The molecule has 0 fully saturated rings. The monoisotopic (exact) mass is 424 g/mol. The molecule has 0 unspecified atom stereocenters. The van der Waals surface area contributed by atoms with E-state index in [0.29, 0.717) is 28.8 Å². The van der Waals surface area contributed by atoms with Crippen molar-refractivity contribution >= 4 is 46.6 Å². The second-order valence-corrected chi connectivity index (χ2v) is 6.89. The van der Waals surface area contributed by atoms with Gasteiger partial charge in [0.15, 0.2) is 0 Å². The van der Waals surface area contributed by atoms with Gasteiger partial charge in [0.25, 0.3) is 5.91 Å². The molecule has 2 aromatic carbocycles. The third kappa shape index (κ3) is 5.68. The fourth-order valence-corrected chi connectivity index (χ4v) is 2.91. The van der Waals surface area contributed by atoms with Crippen molar-refractivity contribution in [2.75, 3.05) is 22.5 Å². The molecule has 0 aliphatic heterocycles. The van der Waals surface area contributed by atoms with E-state index in [-0.39, 0.29) is 17.4 Å². The van der Waals surface area contributed by atoms with Crippen molar-refractivity contribution in [3.8, 4) is 0 Å². The number of hydrogen-bond acceptors (Lipinski definition) is 6. The summed E-state index contributed by atoms with van der Waals surface area (Å²) in [5.74, 6) is -0.255. The van der Waals surface area contributed by atoms with Gasteiger partial charge in [-0.2, -0.15) is 4.98 Å². The van der Waals surface area contributed by atoms with E-state index in [9.17, 15) is 9.59 Å². The van der Waals surface area contributed by atoms with Crippen molar-refractivity contribution in [2.45, 2.75) is 13.3 Å². The molecular weight excluding hydrogens is 404 g/mol. The number of primary amides is 1. The molecule has 0 aliphatic carbocycles. The van der Waals surface area contributed by atoms with E-state index in [2.05, 4.69) is 25.9 Å². The lowest BCUT2D eigenvalue weighted by atomic mass is 10.1. The minimum Gasteiger partial charge on any atom is -0.369 e. The van der Waals surface area contributed by atoms with E-state index in [1.165, 1.54) is 13.1 Å². The van der Waals surface area contributed by atoms with Gasteiger partial charge in [-0.15, -0.1) is 0 Å². The minimum absolute atomic E-state index is 0.198. The number of nitrogens with zero attached hydrogens (tertiary/aromatic N) is 2. The predicted octanol–water partition coefficient (Wildman–Crippen LogP) is 3.59. The number of halogens is 1. The Morgan fingerprint density at radius 1 is 1.13 bits per heavy atom. The molecule has 0 saturated carbocycles. The lowest BCUT2D eigenvalue weighted by Gasteiger charge is -2.12. The first-order chi connectivity index (χ1) is 14.4. The summed E-state index contributed by atoms with van der Waals surface area (Å²) in [7, 11) is 0. The van der Waals surface area contributed by atoms with Gasteiger partial charge in [-0.25, -0.2) is 4.98 Å². The van der Waals surface area contributed by atoms with Crippen LogP contribution in [0.1, 0.15) is 22.8 Å². The van der Waals surface area contributed by atoms with Gasteiger partial charge in [0.05, 0.1) is 16.3 Å². The molecule has 0 aliphatic rings. The zero-order valence-corrected chi connectivity index (χ0v) is 17.0. The summed E-state index contributed by atoms with van der Waals surface area (Å²) < 4.78 is 0. The number of nitrogens with two attached hydrogens (primary N) is 1. The number of rotatable bonds is 8. The number of anilines is 4. The first-order valence-electron chi connectivity index (χ1n) is 9.21. The average Bonchev–Trinajstić information content (AvgIpc) is 2.71. The SMILES string of the molecule is CC(=O)Nc1cc(Nc2ncc(C(N)=O)c(NCCc3ccccc3)n2)ccc1Cl. The van der Waals surface area contributed by atoms with E-state index in [1.807, 2.05) is 30.3 Å². The molecule has 30 heavy (non-hydrogen) atoms. The minimum atomic E-state index is -0.622. The zero-order chi connectivity index (χ0) is 21.5. The Hall–Kier alpha value is -3.65. The van der Waals surface area contributed by atoms with Crippen LogP contribution in [0.5, 0.6) is 0 Å². The molecule has 2 amide bonds. The summed E-state index contributed by atoms with van der Waals surface area (Å²) >= 11 is 6.10. The van der Waals surface area contributed by atoms with Crippen LogP contribution < -0.4 is 21.7 Å². The summed E-state index contributed by atoms with van der Waals surface area (Å²) in [6, 6.07) is 15.0. The molecular formula is C21H21ClN6O2. The lowest BCUT2D eigenvalue weighted by Crippen LogP contribution is -2.18. The van der Waals surface area contributed by atoms with Crippen LogP contribution in [-0.4, -0.2) is 28.3 Å². The summed E-state index contributed by atoms with van der Waals surface area (Å²) in [5, 5.41) is 9.24. The largest absolute Gasteiger partial charge is 0.369 e. The molecule has 0 radical (unpaired) electrons. The Labute approximate surface area is 178 Å². The molecule has 154 valence electrons. The smallest absolute Gasteiger partial charge is 0.254 e. The maximum Gasteiger partial charge on any atom is 0.254 e. The Morgan fingerprint density at radius 3 is 2.60 bits per heavy atom. The van der Waals surface area contributed by atoms with Gasteiger partial charge in [-0.1, -0.05) is 41.9 Å². The highest BCUT2D eigenvalue weighted by atomic mass is 35.5. The van der Waals surface area contributed by atoms with E-state index < -0.39 is 5.91 Å². The van der Waals surface area contributed by atoms with Crippen LogP contribution in [0.15, 0.2) is 54.7 Å². The predicted molar refractivity (Wildman–Crippen MR) is 118 cm³/mol. The fraction of sp³-hybridized carbons (Fsp3) is 0.143. The van der Waals surface area contributed by atoms with Gasteiger partial charge in [0.1, 0.15) is 5.82 Å². The molecule has 0 bridgehead atoms. The van der Waals surface area contributed by atoms with Crippen molar-refractivity contribution < 1.29 is 9.59 Å². The first kappa shape index (κ1) is 21.1. The van der Waals surface area contributed by atoms with E-state index in [4.69, 9.17) is 17.3 Å². The van der Waals surface area contributed by atoms with Crippen LogP contribution in [0.4, 0.5) is 23.1 Å². The number of benzene rings is 2. The Bertz CT molecular complexity index is 1060. The van der Waals surface area contributed by atoms with Crippen molar-refractivity contribution in [2.24, 2.45) is 5.73 Å². The number of nitrogens with one attached hydrogen (secondary N) is 3.